The van der Waals surface area contributed by atoms with Gasteiger partial charge < -0.3 is 11.1 Å². The first-order chi connectivity index (χ1) is 11.6. The van der Waals surface area contributed by atoms with Crippen LogP contribution in [-0.2, 0) is 0 Å². The molecule has 0 radical (unpaired) electrons. The van der Waals surface area contributed by atoms with Gasteiger partial charge in [-0.2, -0.15) is 4.99 Å². The van der Waals surface area contributed by atoms with Gasteiger partial charge in [0.25, 0.3) is 0 Å². The second kappa shape index (κ2) is 12.5. The number of benzene rings is 1. The molecule has 0 fully saturated rings. The number of anilines is 1. The minimum atomic E-state index is 0.282. The number of halogens is 2. The highest BCUT2D eigenvalue weighted by Gasteiger charge is 2.02. The molecule has 0 spiro atoms. The first-order valence-corrected chi connectivity index (χ1v) is 10.2. The molecule has 7 heteroatoms. The minimum absolute atomic E-state index is 0.282. The second-order valence-corrected chi connectivity index (χ2v) is 6.97. The van der Waals surface area contributed by atoms with E-state index in [0.717, 1.165) is 18.7 Å². The van der Waals surface area contributed by atoms with Crippen molar-refractivity contribution in [2.75, 3.05) is 18.1 Å². The van der Waals surface area contributed by atoms with Crippen LogP contribution in [0.5, 0.6) is 0 Å². The van der Waals surface area contributed by atoms with Gasteiger partial charge in [-0.1, -0.05) is 74.0 Å². The fraction of sp³-hybridized carbons (Fsp3) is 0.529. The van der Waals surface area contributed by atoms with Crippen molar-refractivity contribution < 1.29 is 0 Å². The molecule has 0 bridgehead atoms. The Hall–Kier alpha value is -0.910. The minimum Gasteiger partial charge on any atom is -0.369 e. The summed E-state index contributed by atoms with van der Waals surface area (Å²) in [5.41, 5.74) is 6.66. The number of thioether (sulfide) groups is 1. The Bertz CT molecular complexity index is 562. The van der Waals surface area contributed by atoms with Crippen molar-refractivity contribution in [1.29, 1.82) is 0 Å². The van der Waals surface area contributed by atoms with E-state index < -0.39 is 0 Å². The van der Waals surface area contributed by atoms with E-state index in [1.165, 1.54) is 43.9 Å². The topological polar surface area (TPSA) is 62.8 Å². The predicted octanol–water partition coefficient (Wildman–Crippen LogP) is 5.80. The van der Waals surface area contributed by atoms with E-state index in [0.29, 0.717) is 15.2 Å². The first-order valence-electron chi connectivity index (χ1n) is 8.21. The Labute approximate surface area is 159 Å². The average molecular weight is 389 g/mol. The van der Waals surface area contributed by atoms with Crippen LogP contribution in [0.25, 0.3) is 0 Å². The highest BCUT2D eigenvalue weighted by molar-refractivity contribution is 8.13. The van der Waals surface area contributed by atoms with Crippen LogP contribution in [-0.4, -0.2) is 23.9 Å². The van der Waals surface area contributed by atoms with Crippen molar-refractivity contribution in [2.24, 2.45) is 15.7 Å². The molecule has 0 aliphatic carbocycles. The van der Waals surface area contributed by atoms with Crippen LogP contribution >= 0.6 is 35.0 Å². The van der Waals surface area contributed by atoms with Gasteiger partial charge in [-0.25, -0.2) is 0 Å². The molecule has 0 aliphatic heterocycles. The van der Waals surface area contributed by atoms with Gasteiger partial charge in [0.2, 0.25) is 0 Å². The fourth-order valence-corrected chi connectivity index (χ4v) is 2.77. The fourth-order valence-electron chi connectivity index (χ4n) is 2.07. The van der Waals surface area contributed by atoms with Crippen LogP contribution in [0.1, 0.15) is 45.4 Å². The van der Waals surface area contributed by atoms with Gasteiger partial charge in [0, 0.05) is 12.2 Å². The van der Waals surface area contributed by atoms with Crippen molar-refractivity contribution in [3.63, 3.8) is 0 Å². The Kier molecular flexibility index (Phi) is 11.0. The van der Waals surface area contributed by atoms with Crippen LogP contribution in [0.3, 0.4) is 0 Å². The van der Waals surface area contributed by atoms with Crippen molar-refractivity contribution in [2.45, 2.75) is 45.4 Å². The number of aliphatic imine (C=N–C) groups is 2. The molecule has 134 valence electrons. The van der Waals surface area contributed by atoms with E-state index in [-0.39, 0.29) is 5.96 Å². The maximum absolute atomic E-state index is 5.98. The number of nitrogens with two attached hydrogens (primary N) is 1. The van der Waals surface area contributed by atoms with Gasteiger partial charge in [-0.05, 0) is 30.9 Å². The van der Waals surface area contributed by atoms with Gasteiger partial charge in [0.15, 0.2) is 11.1 Å². The molecule has 0 unspecified atom stereocenters. The number of guanidine groups is 1. The smallest absolute Gasteiger partial charge is 0.200 e. The zero-order valence-electron chi connectivity index (χ0n) is 14.3. The number of rotatable bonds is 8. The largest absolute Gasteiger partial charge is 0.369 e. The van der Waals surface area contributed by atoms with Crippen LogP contribution < -0.4 is 11.1 Å². The van der Waals surface area contributed by atoms with Crippen LogP contribution in [0.2, 0.25) is 10.0 Å². The summed E-state index contributed by atoms with van der Waals surface area (Å²) in [5, 5.41) is 4.64. The summed E-state index contributed by atoms with van der Waals surface area (Å²) in [4.78, 5) is 8.81. The van der Waals surface area contributed by atoms with E-state index in [9.17, 15) is 0 Å². The normalized spacial score (nSPS) is 12.5. The summed E-state index contributed by atoms with van der Waals surface area (Å²) >= 11 is 13.4. The van der Waals surface area contributed by atoms with E-state index in [2.05, 4.69) is 22.2 Å². The summed E-state index contributed by atoms with van der Waals surface area (Å²) in [6.07, 6.45) is 9.43. The zero-order chi connectivity index (χ0) is 17.8. The third-order valence-electron chi connectivity index (χ3n) is 3.35. The molecule has 0 saturated heterocycles. The summed E-state index contributed by atoms with van der Waals surface area (Å²) in [6.45, 7) is 3.01. The molecule has 0 aromatic heterocycles. The van der Waals surface area contributed by atoms with Crippen LogP contribution in [0.4, 0.5) is 5.69 Å². The summed E-state index contributed by atoms with van der Waals surface area (Å²) in [7, 11) is 0. The molecule has 0 atom stereocenters. The molecular formula is C17H26Cl2N4S. The molecule has 0 amide bonds. The standard InChI is InChI=1S/C17H26Cl2N4S/c1-3-4-5-6-7-8-11-21-17(24-2)23-16(20)22-13-9-10-14(18)15(19)12-13/h9-10,12H,3-8,11H2,1-2H3,(H3,20,21,22,23). The summed E-state index contributed by atoms with van der Waals surface area (Å²) in [5.74, 6) is 0.282. The molecule has 0 heterocycles. The van der Waals surface area contributed by atoms with E-state index in [1.54, 1.807) is 18.2 Å². The predicted molar refractivity (Wildman–Crippen MR) is 111 cm³/mol. The number of nitrogens with zero attached hydrogens (tertiary/aromatic N) is 2. The number of nitrogens with one attached hydrogen (secondary N) is 1. The van der Waals surface area contributed by atoms with Gasteiger partial charge >= 0.3 is 0 Å². The van der Waals surface area contributed by atoms with Crippen molar-refractivity contribution in [3.8, 4) is 0 Å². The molecule has 1 aromatic rings. The lowest BCUT2D eigenvalue weighted by atomic mass is 10.1. The van der Waals surface area contributed by atoms with Crippen molar-refractivity contribution in [3.05, 3.63) is 28.2 Å². The van der Waals surface area contributed by atoms with Crippen LogP contribution in [0, 0.1) is 0 Å². The van der Waals surface area contributed by atoms with Gasteiger partial charge in [-0.15, -0.1) is 0 Å². The quantitative estimate of drug-likeness (QED) is 0.336. The third-order valence-corrected chi connectivity index (χ3v) is 4.67. The number of hydrogen-bond acceptors (Lipinski definition) is 2. The van der Waals surface area contributed by atoms with Gasteiger partial charge in [0.1, 0.15) is 0 Å². The second-order valence-electron chi connectivity index (χ2n) is 5.39. The Balaban J connectivity index is 2.47. The molecule has 3 N–H and O–H groups in total. The lowest BCUT2D eigenvalue weighted by Crippen LogP contribution is -2.23. The lowest BCUT2D eigenvalue weighted by molar-refractivity contribution is 0.612. The molecule has 0 aliphatic rings. The Morgan fingerprint density at radius 3 is 2.50 bits per heavy atom. The Morgan fingerprint density at radius 1 is 1.12 bits per heavy atom. The maximum atomic E-state index is 5.98. The number of amidine groups is 1. The van der Waals surface area contributed by atoms with E-state index >= 15 is 0 Å². The molecule has 24 heavy (non-hydrogen) atoms. The van der Waals surface area contributed by atoms with Crippen LogP contribution in [0.15, 0.2) is 28.2 Å². The summed E-state index contributed by atoms with van der Waals surface area (Å²) < 4.78 is 0. The SMILES string of the molecule is CCCCCCCCN=C(/N=C(/N)Nc1ccc(Cl)c(Cl)c1)SC. The molecular weight excluding hydrogens is 363 g/mol. The highest BCUT2D eigenvalue weighted by atomic mass is 35.5. The van der Waals surface area contributed by atoms with E-state index in [4.69, 9.17) is 28.9 Å². The van der Waals surface area contributed by atoms with E-state index in [1.807, 2.05) is 6.26 Å². The molecule has 0 saturated carbocycles. The zero-order valence-corrected chi connectivity index (χ0v) is 16.6. The number of unbranched alkanes of at least 4 members (excludes halogenated alkanes) is 5. The molecule has 1 rings (SSSR count). The van der Waals surface area contributed by atoms with Gasteiger partial charge in [0.05, 0.1) is 10.0 Å². The summed E-state index contributed by atoms with van der Waals surface area (Å²) in [6, 6.07) is 5.21. The number of hydrogen-bond donors (Lipinski definition) is 2. The average Bonchev–Trinajstić information content (AvgIpc) is 2.56. The maximum Gasteiger partial charge on any atom is 0.200 e. The highest BCUT2D eigenvalue weighted by Crippen LogP contribution is 2.24. The molecule has 4 nitrogen and oxygen atoms in total. The Morgan fingerprint density at radius 2 is 1.83 bits per heavy atom. The van der Waals surface area contributed by atoms with Gasteiger partial charge in [-0.3, -0.25) is 4.99 Å². The lowest BCUT2D eigenvalue weighted by Gasteiger charge is -2.07. The van der Waals surface area contributed by atoms with Crippen molar-refractivity contribution in [1.82, 2.24) is 0 Å². The third kappa shape index (κ3) is 8.81. The first kappa shape index (κ1) is 21.1. The monoisotopic (exact) mass is 388 g/mol. The van der Waals surface area contributed by atoms with Crippen molar-refractivity contribution >= 4 is 51.8 Å². The molecule has 1 aromatic carbocycles.